The number of rotatable bonds is 3. The second kappa shape index (κ2) is 5.34. The first-order valence-electron chi connectivity index (χ1n) is 7.13. The van der Waals surface area contributed by atoms with Gasteiger partial charge in [0, 0.05) is 6.04 Å². The molecule has 106 valence electrons. The summed E-state index contributed by atoms with van der Waals surface area (Å²) in [6.07, 6.45) is 3.98. The quantitative estimate of drug-likeness (QED) is 0.931. The first-order chi connectivity index (χ1) is 9.58. The van der Waals surface area contributed by atoms with Crippen LogP contribution in [0, 0.1) is 5.92 Å². The molecular weight excluding hydrogens is 314 g/mol. The number of hydrogen-bond acceptors (Lipinski definition) is 2. The summed E-state index contributed by atoms with van der Waals surface area (Å²) in [7, 11) is 0. The summed E-state index contributed by atoms with van der Waals surface area (Å²) in [5.74, 6) is 0.456. The number of aromatic nitrogens is 2. The van der Waals surface area contributed by atoms with Crippen LogP contribution < -0.4 is 5.73 Å². The minimum Gasteiger partial charge on any atom is -0.322 e. The zero-order valence-electron chi connectivity index (χ0n) is 11.9. The van der Waals surface area contributed by atoms with Crippen molar-refractivity contribution in [3.63, 3.8) is 0 Å². The number of hydrogen-bond donors (Lipinski definition) is 1. The van der Waals surface area contributed by atoms with Crippen LogP contribution >= 0.6 is 15.9 Å². The molecule has 0 saturated heterocycles. The molecule has 1 aliphatic rings. The Morgan fingerprint density at radius 3 is 2.40 bits per heavy atom. The van der Waals surface area contributed by atoms with E-state index in [2.05, 4.69) is 59.1 Å². The number of benzene rings is 1. The molecule has 3 rings (SSSR count). The maximum Gasteiger partial charge on any atom is 0.0699 e. The van der Waals surface area contributed by atoms with Gasteiger partial charge in [0.05, 0.1) is 22.4 Å². The summed E-state index contributed by atoms with van der Waals surface area (Å²) in [6.45, 7) is 4.28. The van der Waals surface area contributed by atoms with Gasteiger partial charge in [-0.25, -0.2) is 0 Å². The minimum atomic E-state index is 0.0154. The van der Waals surface area contributed by atoms with E-state index >= 15 is 0 Å². The molecule has 2 N–H and O–H groups in total. The molecule has 1 unspecified atom stereocenters. The Balaban J connectivity index is 1.88. The van der Waals surface area contributed by atoms with E-state index in [4.69, 9.17) is 5.73 Å². The fraction of sp³-hybridized carbons (Fsp3) is 0.438. The summed E-state index contributed by atoms with van der Waals surface area (Å²) < 4.78 is 3.06. The molecule has 1 aliphatic carbocycles. The third kappa shape index (κ3) is 2.31. The molecule has 20 heavy (non-hydrogen) atoms. The van der Waals surface area contributed by atoms with E-state index in [1.165, 1.54) is 11.1 Å². The molecule has 1 atom stereocenters. The largest absolute Gasteiger partial charge is 0.322 e. The maximum absolute atomic E-state index is 6.57. The van der Waals surface area contributed by atoms with Gasteiger partial charge in [0.15, 0.2) is 0 Å². The topological polar surface area (TPSA) is 43.8 Å². The monoisotopic (exact) mass is 333 g/mol. The smallest absolute Gasteiger partial charge is 0.0699 e. The lowest BCUT2D eigenvalue weighted by molar-refractivity contribution is 0.402. The third-order valence-corrected chi connectivity index (χ3v) is 4.79. The van der Waals surface area contributed by atoms with Gasteiger partial charge in [-0.15, -0.1) is 0 Å². The molecule has 3 nitrogen and oxygen atoms in total. The lowest BCUT2D eigenvalue weighted by Crippen LogP contribution is -2.26. The maximum atomic E-state index is 6.57. The Morgan fingerprint density at radius 2 is 1.85 bits per heavy atom. The Hall–Kier alpha value is -1.13. The fourth-order valence-electron chi connectivity index (χ4n) is 3.14. The first-order valence-corrected chi connectivity index (χ1v) is 7.92. The van der Waals surface area contributed by atoms with Crippen LogP contribution in [0.25, 0.3) is 0 Å². The van der Waals surface area contributed by atoms with Crippen molar-refractivity contribution in [2.24, 2.45) is 11.7 Å². The number of fused-ring (bicyclic) bond motifs is 1. The summed E-state index contributed by atoms with van der Waals surface area (Å²) in [5, 5.41) is 4.45. The average molecular weight is 334 g/mol. The van der Waals surface area contributed by atoms with E-state index in [1.807, 2.05) is 10.9 Å². The highest BCUT2D eigenvalue weighted by Gasteiger charge is 2.30. The highest BCUT2D eigenvalue weighted by molar-refractivity contribution is 9.10. The van der Waals surface area contributed by atoms with Crippen LogP contribution in [0.15, 0.2) is 34.9 Å². The molecule has 0 bridgehead atoms. The standard InChI is InChI=1S/C16H20BrN3/c1-10(2)20-16(14(17)9-19-20)15(18)13-7-11-5-3-4-6-12(11)8-13/h3-6,9-10,13,15H,7-8,18H2,1-2H3. The zero-order valence-corrected chi connectivity index (χ0v) is 13.5. The van der Waals surface area contributed by atoms with Crippen molar-refractivity contribution in [1.82, 2.24) is 9.78 Å². The summed E-state index contributed by atoms with van der Waals surface area (Å²) in [5.41, 5.74) is 10.6. The SMILES string of the molecule is CC(C)n1ncc(Br)c1C(N)C1Cc2ccccc2C1. The molecule has 4 heteroatoms. The van der Waals surface area contributed by atoms with Crippen molar-refractivity contribution < 1.29 is 0 Å². The molecular formula is C16H20BrN3. The van der Waals surface area contributed by atoms with E-state index in [0.29, 0.717) is 12.0 Å². The van der Waals surface area contributed by atoms with Crippen molar-refractivity contribution in [2.75, 3.05) is 0 Å². The minimum absolute atomic E-state index is 0.0154. The Kier molecular flexibility index (Phi) is 3.69. The van der Waals surface area contributed by atoms with Crippen LogP contribution in [0.2, 0.25) is 0 Å². The molecule has 0 fully saturated rings. The molecule has 1 heterocycles. The normalized spacial score (nSPS) is 16.6. The van der Waals surface area contributed by atoms with Gasteiger partial charge in [-0.05, 0) is 59.7 Å². The summed E-state index contributed by atoms with van der Waals surface area (Å²) in [6, 6.07) is 9.00. The number of halogens is 1. The molecule has 0 radical (unpaired) electrons. The van der Waals surface area contributed by atoms with Gasteiger partial charge >= 0.3 is 0 Å². The van der Waals surface area contributed by atoms with E-state index in [-0.39, 0.29) is 6.04 Å². The fourth-order valence-corrected chi connectivity index (χ4v) is 3.68. The van der Waals surface area contributed by atoms with Crippen LogP contribution in [0.5, 0.6) is 0 Å². The van der Waals surface area contributed by atoms with Crippen LogP contribution in [0.3, 0.4) is 0 Å². The van der Waals surface area contributed by atoms with Crippen molar-refractivity contribution in [3.8, 4) is 0 Å². The third-order valence-electron chi connectivity index (χ3n) is 4.18. The Labute approximate surface area is 128 Å². The number of nitrogens with two attached hydrogens (primary N) is 1. The van der Waals surface area contributed by atoms with E-state index in [1.54, 1.807) is 0 Å². The predicted octanol–water partition coefficient (Wildman–Crippen LogP) is 3.64. The van der Waals surface area contributed by atoms with Gasteiger partial charge in [0.25, 0.3) is 0 Å². The van der Waals surface area contributed by atoms with E-state index in [0.717, 1.165) is 23.0 Å². The molecule has 0 amide bonds. The molecule has 0 aliphatic heterocycles. The van der Waals surface area contributed by atoms with Gasteiger partial charge in [-0.2, -0.15) is 5.10 Å². The summed E-state index contributed by atoms with van der Waals surface area (Å²) >= 11 is 3.60. The van der Waals surface area contributed by atoms with Crippen molar-refractivity contribution in [1.29, 1.82) is 0 Å². The van der Waals surface area contributed by atoms with Crippen molar-refractivity contribution >= 4 is 15.9 Å². The van der Waals surface area contributed by atoms with Crippen molar-refractivity contribution in [2.45, 2.75) is 38.8 Å². The average Bonchev–Trinajstić information content (AvgIpc) is 3.01. The molecule has 2 aromatic rings. The second-order valence-corrected chi connectivity index (χ2v) is 6.73. The van der Waals surface area contributed by atoms with Crippen LogP contribution in [0.1, 0.15) is 42.8 Å². The Bertz CT molecular complexity index is 593. The Morgan fingerprint density at radius 1 is 1.25 bits per heavy atom. The van der Waals surface area contributed by atoms with Gasteiger partial charge in [-0.3, -0.25) is 4.68 Å². The molecule has 1 aromatic carbocycles. The predicted molar refractivity (Wildman–Crippen MR) is 84.6 cm³/mol. The van der Waals surface area contributed by atoms with Gasteiger partial charge in [0.1, 0.15) is 0 Å². The molecule has 0 spiro atoms. The highest BCUT2D eigenvalue weighted by atomic mass is 79.9. The lowest BCUT2D eigenvalue weighted by atomic mass is 9.94. The zero-order chi connectivity index (χ0) is 14.3. The van der Waals surface area contributed by atoms with Crippen LogP contribution in [-0.4, -0.2) is 9.78 Å². The molecule has 1 aromatic heterocycles. The summed E-state index contributed by atoms with van der Waals surface area (Å²) in [4.78, 5) is 0. The second-order valence-electron chi connectivity index (χ2n) is 5.88. The van der Waals surface area contributed by atoms with Gasteiger partial charge in [-0.1, -0.05) is 24.3 Å². The van der Waals surface area contributed by atoms with E-state index in [9.17, 15) is 0 Å². The molecule has 0 saturated carbocycles. The van der Waals surface area contributed by atoms with Gasteiger partial charge in [0.2, 0.25) is 0 Å². The number of nitrogens with zero attached hydrogens (tertiary/aromatic N) is 2. The highest BCUT2D eigenvalue weighted by Crippen LogP contribution is 2.36. The lowest BCUT2D eigenvalue weighted by Gasteiger charge is -2.22. The first kappa shape index (κ1) is 13.8. The van der Waals surface area contributed by atoms with E-state index < -0.39 is 0 Å². The van der Waals surface area contributed by atoms with Crippen molar-refractivity contribution in [3.05, 3.63) is 51.8 Å². The van der Waals surface area contributed by atoms with Gasteiger partial charge < -0.3 is 5.73 Å². The van der Waals surface area contributed by atoms with Crippen LogP contribution in [0.4, 0.5) is 0 Å². The van der Waals surface area contributed by atoms with Crippen LogP contribution in [-0.2, 0) is 12.8 Å².